The zero-order chi connectivity index (χ0) is 8.10. The standard InChI is InChI=1S/C8H11NO2/c1-2-11-8(10)7-4-3-5-9-6-7/h5-6H,2-4H2,1H3. The molecular formula is C8H11NO2. The second kappa shape index (κ2) is 3.91. The van der Waals surface area contributed by atoms with Gasteiger partial charge in [0.25, 0.3) is 0 Å². The fourth-order valence-corrected chi connectivity index (χ4v) is 0.880. The molecule has 3 nitrogen and oxygen atoms in total. The molecule has 0 aromatic carbocycles. The minimum Gasteiger partial charge on any atom is -0.463 e. The quantitative estimate of drug-likeness (QED) is 0.561. The van der Waals surface area contributed by atoms with Crippen molar-refractivity contribution < 1.29 is 9.53 Å². The molecule has 0 aromatic rings. The highest BCUT2D eigenvalue weighted by atomic mass is 16.5. The molecule has 0 fully saturated rings. The van der Waals surface area contributed by atoms with Gasteiger partial charge in [-0.05, 0) is 19.8 Å². The van der Waals surface area contributed by atoms with E-state index in [9.17, 15) is 4.79 Å². The Morgan fingerprint density at radius 2 is 2.64 bits per heavy atom. The first-order valence-corrected chi connectivity index (χ1v) is 3.72. The molecule has 11 heavy (non-hydrogen) atoms. The number of hydrogen-bond acceptors (Lipinski definition) is 3. The van der Waals surface area contributed by atoms with Gasteiger partial charge in [0.1, 0.15) is 0 Å². The van der Waals surface area contributed by atoms with E-state index in [1.165, 1.54) is 0 Å². The minimum atomic E-state index is -0.232. The van der Waals surface area contributed by atoms with Crippen molar-refractivity contribution in [2.45, 2.75) is 19.8 Å². The van der Waals surface area contributed by atoms with Crippen LogP contribution in [-0.2, 0) is 9.53 Å². The summed E-state index contributed by atoms with van der Waals surface area (Å²) < 4.78 is 4.80. The smallest absolute Gasteiger partial charge is 0.335 e. The molecule has 0 saturated heterocycles. The van der Waals surface area contributed by atoms with E-state index in [2.05, 4.69) is 4.99 Å². The second-order valence-electron chi connectivity index (χ2n) is 2.25. The Hall–Kier alpha value is -1.12. The van der Waals surface area contributed by atoms with Gasteiger partial charge in [-0.1, -0.05) is 0 Å². The fourth-order valence-electron chi connectivity index (χ4n) is 0.880. The highest BCUT2D eigenvalue weighted by Crippen LogP contribution is 2.10. The van der Waals surface area contributed by atoms with Crippen molar-refractivity contribution in [3.05, 3.63) is 11.8 Å². The maximum absolute atomic E-state index is 11.0. The van der Waals surface area contributed by atoms with Crippen molar-refractivity contribution in [1.82, 2.24) is 0 Å². The highest BCUT2D eigenvalue weighted by Gasteiger charge is 2.10. The van der Waals surface area contributed by atoms with Gasteiger partial charge in [0, 0.05) is 12.4 Å². The lowest BCUT2D eigenvalue weighted by Gasteiger charge is -2.06. The van der Waals surface area contributed by atoms with Gasteiger partial charge in [-0.2, -0.15) is 0 Å². The predicted molar refractivity (Wildman–Crippen MR) is 42.4 cm³/mol. The molecule has 0 radical (unpaired) electrons. The summed E-state index contributed by atoms with van der Waals surface area (Å²) >= 11 is 0. The Morgan fingerprint density at radius 3 is 3.18 bits per heavy atom. The summed E-state index contributed by atoms with van der Waals surface area (Å²) in [6, 6.07) is 0. The molecule has 0 unspecified atom stereocenters. The monoisotopic (exact) mass is 153 g/mol. The van der Waals surface area contributed by atoms with Gasteiger partial charge < -0.3 is 4.74 Å². The molecule has 1 aliphatic rings. The molecule has 0 atom stereocenters. The van der Waals surface area contributed by atoms with Crippen molar-refractivity contribution in [3.8, 4) is 0 Å². The van der Waals surface area contributed by atoms with Gasteiger partial charge in [0.15, 0.2) is 0 Å². The van der Waals surface area contributed by atoms with Gasteiger partial charge >= 0.3 is 5.97 Å². The predicted octanol–water partition coefficient (Wildman–Crippen LogP) is 1.30. The summed E-state index contributed by atoms with van der Waals surface area (Å²) in [6.45, 7) is 2.23. The van der Waals surface area contributed by atoms with Gasteiger partial charge in [-0.3, -0.25) is 4.99 Å². The van der Waals surface area contributed by atoms with Crippen molar-refractivity contribution >= 4 is 12.2 Å². The number of esters is 1. The maximum atomic E-state index is 11.0. The van der Waals surface area contributed by atoms with Crippen LogP contribution in [0.2, 0.25) is 0 Å². The third kappa shape index (κ3) is 2.18. The lowest BCUT2D eigenvalue weighted by molar-refractivity contribution is -0.138. The Bertz CT molecular complexity index is 206. The lowest BCUT2D eigenvalue weighted by atomic mass is 10.1. The van der Waals surface area contributed by atoms with Crippen LogP contribution in [0.25, 0.3) is 0 Å². The second-order valence-corrected chi connectivity index (χ2v) is 2.25. The van der Waals surface area contributed by atoms with Crippen LogP contribution >= 0.6 is 0 Å². The zero-order valence-electron chi connectivity index (χ0n) is 6.54. The van der Waals surface area contributed by atoms with E-state index in [0.29, 0.717) is 12.2 Å². The average Bonchev–Trinajstić information content (AvgIpc) is 2.07. The minimum absolute atomic E-state index is 0.232. The molecule has 0 aromatic heterocycles. The number of carbonyl (C=O) groups is 1. The van der Waals surface area contributed by atoms with Crippen LogP contribution in [0.5, 0.6) is 0 Å². The van der Waals surface area contributed by atoms with Crippen LogP contribution < -0.4 is 0 Å². The Kier molecular flexibility index (Phi) is 2.83. The van der Waals surface area contributed by atoms with E-state index in [4.69, 9.17) is 4.74 Å². The van der Waals surface area contributed by atoms with E-state index in [-0.39, 0.29) is 5.97 Å². The van der Waals surface area contributed by atoms with Crippen molar-refractivity contribution in [3.63, 3.8) is 0 Å². The van der Waals surface area contributed by atoms with E-state index < -0.39 is 0 Å². The van der Waals surface area contributed by atoms with Crippen LogP contribution in [0.4, 0.5) is 0 Å². The Labute approximate surface area is 65.8 Å². The Morgan fingerprint density at radius 1 is 1.82 bits per heavy atom. The largest absolute Gasteiger partial charge is 0.463 e. The molecule has 0 spiro atoms. The number of aliphatic imine (C=N–C) groups is 1. The van der Waals surface area contributed by atoms with Crippen LogP contribution in [-0.4, -0.2) is 18.8 Å². The molecule has 1 rings (SSSR count). The topological polar surface area (TPSA) is 38.7 Å². The van der Waals surface area contributed by atoms with E-state index >= 15 is 0 Å². The number of nitrogens with zero attached hydrogens (tertiary/aromatic N) is 1. The number of hydrogen-bond donors (Lipinski definition) is 0. The molecule has 1 aliphatic heterocycles. The molecule has 0 amide bonds. The third-order valence-corrected chi connectivity index (χ3v) is 1.42. The molecule has 0 saturated carbocycles. The number of ether oxygens (including phenoxy) is 1. The van der Waals surface area contributed by atoms with Crippen molar-refractivity contribution in [2.75, 3.05) is 6.61 Å². The van der Waals surface area contributed by atoms with Crippen LogP contribution in [0.1, 0.15) is 19.8 Å². The van der Waals surface area contributed by atoms with E-state index in [1.807, 2.05) is 0 Å². The fraction of sp³-hybridized carbons (Fsp3) is 0.500. The molecule has 60 valence electrons. The summed E-state index contributed by atoms with van der Waals surface area (Å²) in [4.78, 5) is 14.9. The maximum Gasteiger partial charge on any atom is 0.335 e. The third-order valence-electron chi connectivity index (χ3n) is 1.42. The molecule has 0 N–H and O–H groups in total. The Balaban J connectivity index is 2.52. The number of carbonyl (C=O) groups excluding carboxylic acids is 1. The summed E-state index contributed by atoms with van der Waals surface area (Å²) in [5.74, 6) is -0.232. The molecular weight excluding hydrogens is 142 g/mol. The van der Waals surface area contributed by atoms with E-state index in [1.54, 1.807) is 19.3 Å². The zero-order valence-corrected chi connectivity index (χ0v) is 6.54. The molecule has 0 aliphatic carbocycles. The van der Waals surface area contributed by atoms with Gasteiger partial charge in [-0.25, -0.2) is 4.79 Å². The lowest BCUT2D eigenvalue weighted by Crippen LogP contribution is -2.09. The van der Waals surface area contributed by atoms with Crippen LogP contribution in [0, 0.1) is 0 Å². The van der Waals surface area contributed by atoms with Gasteiger partial charge in [0.2, 0.25) is 0 Å². The molecule has 0 bridgehead atoms. The van der Waals surface area contributed by atoms with E-state index in [0.717, 1.165) is 12.8 Å². The summed E-state index contributed by atoms with van der Waals surface area (Å²) in [6.07, 6.45) is 4.96. The van der Waals surface area contributed by atoms with Crippen LogP contribution in [0.3, 0.4) is 0 Å². The normalized spacial score (nSPS) is 15.9. The summed E-state index contributed by atoms with van der Waals surface area (Å²) in [5.41, 5.74) is 0.675. The highest BCUT2D eigenvalue weighted by molar-refractivity contribution is 5.89. The SMILES string of the molecule is CCOC(=O)C1=CN=CCC1. The van der Waals surface area contributed by atoms with Gasteiger partial charge in [-0.15, -0.1) is 0 Å². The van der Waals surface area contributed by atoms with Crippen LogP contribution in [0.15, 0.2) is 16.8 Å². The van der Waals surface area contributed by atoms with Crippen molar-refractivity contribution in [1.29, 1.82) is 0 Å². The summed E-state index contributed by atoms with van der Waals surface area (Å²) in [5, 5.41) is 0. The van der Waals surface area contributed by atoms with Crippen molar-refractivity contribution in [2.24, 2.45) is 4.99 Å². The molecule has 1 heterocycles. The average molecular weight is 153 g/mol. The summed E-state index contributed by atoms with van der Waals surface area (Å²) in [7, 11) is 0. The molecule has 3 heteroatoms. The number of rotatable bonds is 2. The van der Waals surface area contributed by atoms with Gasteiger partial charge in [0.05, 0.1) is 12.2 Å². The first-order valence-electron chi connectivity index (χ1n) is 3.72. The first-order chi connectivity index (χ1) is 5.34. The first kappa shape index (κ1) is 7.98.